The number of halogens is 2. The maximum absolute atomic E-state index is 13.4. The Balaban J connectivity index is 1.97. The zero-order chi connectivity index (χ0) is 16.4. The molecule has 3 aromatic rings. The molecule has 0 atom stereocenters. The number of aryl methyl sites for hydroxylation is 2. The largest absolute Gasteiger partial charge is 0.340 e. The Morgan fingerprint density at radius 1 is 0.957 bits per heavy atom. The second kappa shape index (κ2) is 6.34. The molecule has 0 amide bonds. The summed E-state index contributed by atoms with van der Waals surface area (Å²) in [5, 5.41) is 3.52. The van der Waals surface area contributed by atoms with Crippen LogP contribution in [-0.4, -0.2) is 9.97 Å². The molecular weight excluding hydrogens is 313 g/mol. The number of anilines is 2. The molecule has 1 aromatic heterocycles. The molecule has 5 heteroatoms. The van der Waals surface area contributed by atoms with Gasteiger partial charge in [0, 0.05) is 17.3 Å². The van der Waals surface area contributed by atoms with Gasteiger partial charge in [0.1, 0.15) is 16.8 Å². The maximum atomic E-state index is 13.4. The summed E-state index contributed by atoms with van der Waals surface area (Å²) in [7, 11) is 0. The zero-order valence-electron chi connectivity index (χ0n) is 12.8. The molecule has 1 N–H and O–H groups in total. The fourth-order valence-corrected chi connectivity index (χ4v) is 2.62. The standard InChI is InChI=1S/C18H15ClFN3/c1-11-6-12(2)8-15(7-11)21-17-10-16(19)22-18(23-17)13-4-3-5-14(20)9-13/h3-10H,1-2H3,(H,21,22,23). The fraction of sp³-hybridized carbons (Fsp3) is 0.111. The van der Waals surface area contributed by atoms with E-state index in [-0.39, 0.29) is 5.82 Å². The molecule has 0 fully saturated rings. The van der Waals surface area contributed by atoms with Crippen LogP contribution in [-0.2, 0) is 0 Å². The van der Waals surface area contributed by atoms with Gasteiger partial charge < -0.3 is 5.32 Å². The van der Waals surface area contributed by atoms with Gasteiger partial charge in [0.25, 0.3) is 0 Å². The average molecular weight is 328 g/mol. The summed E-state index contributed by atoms with van der Waals surface area (Å²) in [6.45, 7) is 4.06. The number of nitrogens with zero attached hydrogens (tertiary/aromatic N) is 2. The van der Waals surface area contributed by atoms with E-state index in [1.807, 2.05) is 26.0 Å². The van der Waals surface area contributed by atoms with Crippen LogP contribution in [0.25, 0.3) is 11.4 Å². The van der Waals surface area contributed by atoms with Gasteiger partial charge in [0.15, 0.2) is 5.82 Å². The van der Waals surface area contributed by atoms with Crippen molar-refractivity contribution in [3.8, 4) is 11.4 Å². The number of hydrogen-bond donors (Lipinski definition) is 1. The second-order valence-electron chi connectivity index (χ2n) is 5.41. The number of hydrogen-bond acceptors (Lipinski definition) is 3. The molecule has 23 heavy (non-hydrogen) atoms. The van der Waals surface area contributed by atoms with E-state index in [9.17, 15) is 4.39 Å². The van der Waals surface area contributed by atoms with E-state index in [0.717, 1.165) is 16.8 Å². The number of benzene rings is 2. The van der Waals surface area contributed by atoms with Crippen molar-refractivity contribution in [3.05, 3.63) is 70.6 Å². The predicted octanol–water partition coefficient (Wildman–Crippen LogP) is 5.30. The minimum Gasteiger partial charge on any atom is -0.340 e. The normalized spacial score (nSPS) is 10.6. The fourth-order valence-electron chi connectivity index (χ4n) is 2.43. The minimum absolute atomic E-state index is 0.297. The SMILES string of the molecule is Cc1cc(C)cc(Nc2cc(Cl)nc(-c3cccc(F)c3)n2)c1. The summed E-state index contributed by atoms with van der Waals surface area (Å²) in [6, 6.07) is 13.9. The van der Waals surface area contributed by atoms with E-state index >= 15 is 0 Å². The molecule has 0 saturated carbocycles. The van der Waals surface area contributed by atoms with E-state index in [4.69, 9.17) is 11.6 Å². The molecule has 0 unspecified atom stereocenters. The smallest absolute Gasteiger partial charge is 0.163 e. The van der Waals surface area contributed by atoms with E-state index in [0.29, 0.717) is 22.4 Å². The van der Waals surface area contributed by atoms with Gasteiger partial charge in [-0.05, 0) is 49.2 Å². The van der Waals surface area contributed by atoms with Gasteiger partial charge >= 0.3 is 0 Å². The lowest BCUT2D eigenvalue weighted by atomic mass is 10.1. The highest BCUT2D eigenvalue weighted by molar-refractivity contribution is 6.29. The van der Waals surface area contributed by atoms with Crippen molar-refractivity contribution in [1.82, 2.24) is 9.97 Å². The van der Waals surface area contributed by atoms with E-state index in [1.54, 1.807) is 18.2 Å². The molecule has 3 nitrogen and oxygen atoms in total. The van der Waals surface area contributed by atoms with Gasteiger partial charge in [0.2, 0.25) is 0 Å². The molecule has 0 aliphatic rings. The Kier molecular flexibility index (Phi) is 4.26. The summed E-state index contributed by atoms with van der Waals surface area (Å²) in [5.74, 6) is 0.605. The third-order valence-electron chi connectivity index (χ3n) is 3.27. The van der Waals surface area contributed by atoms with Crippen LogP contribution >= 0.6 is 11.6 Å². The number of aromatic nitrogens is 2. The Bertz CT molecular complexity index is 844. The van der Waals surface area contributed by atoms with E-state index < -0.39 is 0 Å². The van der Waals surface area contributed by atoms with Gasteiger partial charge in [-0.15, -0.1) is 0 Å². The Hall–Kier alpha value is -2.46. The molecule has 1 heterocycles. The molecule has 0 spiro atoms. The highest BCUT2D eigenvalue weighted by Gasteiger charge is 2.07. The van der Waals surface area contributed by atoms with Crippen molar-refractivity contribution < 1.29 is 4.39 Å². The topological polar surface area (TPSA) is 37.8 Å². The van der Waals surface area contributed by atoms with Crippen LogP contribution in [0.4, 0.5) is 15.9 Å². The van der Waals surface area contributed by atoms with Crippen molar-refractivity contribution in [1.29, 1.82) is 0 Å². The van der Waals surface area contributed by atoms with Crippen LogP contribution in [0.5, 0.6) is 0 Å². The Morgan fingerprint density at radius 2 is 1.70 bits per heavy atom. The van der Waals surface area contributed by atoms with Crippen LogP contribution in [0.1, 0.15) is 11.1 Å². The first-order valence-electron chi connectivity index (χ1n) is 7.15. The van der Waals surface area contributed by atoms with E-state index in [1.165, 1.54) is 12.1 Å². The van der Waals surface area contributed by atoms with Crippen LogP contribution in [0.2, 0.25) is 5.15 Å². The van der Waals surface area contributed by atoms with Crippen LogP contribution in [0, 0.1) is 19.7 Å². The first-order valence-corrected chi connectivity index (χ1v) is 7.53. The number of rotatable bonds is 3. The van der Waals surface area contributed by atoms with Gasteiger partial charge in [-0.3, -0.25) is 0 Å². The van der Waals surface area contributed by atoms with Crippen LogP contribution in [0.15, 0.2) is 48.5 Å². The summed E-state index contributed by atoms with van der Waals surface area (Å²) < 4.78 is 13.4. The minimum atomic E-state index is -0.338. The predicted molar refractivity (Wildman–Crippen MR) is 91.6 cm³/mol. The highest BCUT2D eigenvalue weighted by atomic mass is 35.5. The van der Waals surface area contributed by atoms with Crippen molar-refractivity contribution in [2.45, 2.75) is 13.8 Å². The highest BCUT2D eigenvalue weighted by Crippen LogP contribution is 2.24. The molecule has 0 aliphatic heterocycles. The lowest BCUT2D eigenvalue weighted by Gasteiger charge is -2.10. The summed E-state index contributed by atoms with van der Waals surface area (Å²) in [6.07, 6.45) is 0. The second-order valence-corrected chi connectivity index (χ2v) is 5.80. The molecule has 3 rings (SSSR count). The van der Waals surface area contributed by atoms with Gasteiger partial charge in [-0.1, -0.05) is 29.8 Å². The Morgan fingerprint density at radius 3 is 2.39 bits per heavy atom. The average Bonchev–Trinajstić information content (AvgIpc) is 2.45. The first kappa shape index (κ1) is 15.4. The lowest BCUT2D eigenvalue weighted by Crippen LogP contribution is -1.98. The summed E-state index contributed by atoms with van der Waals surface area (Å²) in [5.41, 5.74) is 3.80. The molecule has 0 radical (unpaired) electrons. The first-order chi connectivity index (χ1) is 11.0. The van der Waals surface area contributed by atoms with Gasteiger partial charge in [0.05, 0.1) is 0 Å². The van der Waals surface area contributed by atoms with Crippen molar-refractivity contribution >= 4 is 23.1 Å². The monoisotopic (exact) mass is 327 g/mol. The quantitative estimate of drug-likeness (QED) is 0.664. The van der Waals surface area contributed by atoms with E-state index in [2.05, 4.69) is 21.4 Å². The van der Waals surface area contributed by atoms with Crippen molar-refractivity contribution in [2.75, 3.05) is 5.32 Å². The lowest BCUT2D eigenvalue weighted by molar-refractivity contribution is 0.628. The van der Waals surface area contributed by atoms with Crippen molar-refractivity contribution in [3.63, 3.8) is 0 Å². The summed E-state index contributed by atoms with van der Waals surface area (Å²) >= 11 is 6.08. The van der Waals surface area contributed by atoms with Gasteiger partial charge in [-0.2, -0.15) is 0 Å². The third kappa shape index (κ3) is 3.85. The molecule has 2 aromatic carbocycles. The molecule has 116 valence electrons. The molecule has 0 aliphatic carbocycles. The van der Waals surface area contributed by atoms with Crippen LogP contribution in [0.3, 0.4) is 0 Å². The number of nitrogens with one attached hydrogen (secondary N) is 1. The van der Waals surface area contributed by atoms with Gasteiger partial charge in [-0.25, -0.2) is 14.4 Å². The third-order valence-corrected chi connectivity index (χ3v) is 3.47. The van der Waals surface area contributed by atoms with Crippen LogP contribution < -0.4 is 5.32 Å². The summed E-state index contributed by atoms with van der Waals surface area (Å²) in [4.78, 5) is 8.60. The zero-order valence-corrected chi connectivity index (χ0v) is 13.5. The molecule has 0 bridgehead atoms. The Labute approximate surface area is 139 Å². The molecule has 0 saturated heterocycles. The molecular formula is C18H15ClFN3. The maximum Gasteiger partial charge on any atom is 0.163 e. The van der Waals surface area contributed by atoms with Crippen molar-refractivity contribution in [2.24, 2.45) is 0 Å².